The van der Waals surface area contributed by atoms with Gasteiger partial charge in [-0.1, -0.05) is 0 Å². The molecule has 6 heteroatoms. The zero-order valence-corrected chi connectivity index (χ0v) is 8.69. The van der Waals surface area contributed by atoms with E-state index in [0.717, 1.165) is 5.69 Å². The highest BCUT2D eigenvalue weighted by atomic mass is 16.5. The summed E-state index contributed by atoms with van der Waals surface area (Å²) in [5, 5.41) is 2.71. The highest BCUT2D eigenvalue weighted by Crippen LogP contribution is 1.90. The second-order valence-corrected chi connectivity index (χ2v) is 3.18. The largest absolute Gasteiger partial charge is 0.383 e. The second-order valence-electron chi connectivity index (χ2n) is 3.18. The Bertz CT molecular complexity index is 286. The molecular weight excluding hydrogens is 196 g/mol. The van der Waals surface area contributed by atoms with E-state index in [0.29, 0.717) is 13.0 Å². The number of hydrogen-bond donors (Lipinski definition) is 3. The van der Waals surface area contributed by atoms with Crippen molar-refractivity contribution in [2.45, 2.75) is 12.5 Å². The monoisotopic (exact) mass is 212 g/mol. The van der Waals surface area contributed by atoms with Crippen molar-refractivity contribution in [1.29, 1.82) is 0 Å². The number of nitrogens with zero attached hydrogens (tertiary/aromatic N) is 1. The number of H-pyrrole nitrogens is 1. The summed E-state index contributed by atoms with van der Waals surface area (Å²) >= 11 is 0. The van der Waals surface area contributed by atoms with Crippen molar-refractivity contribution < 1.29 is 9.53 Å². The molecule has 1 aromatic rings. The van der Waals surface area contributed by atoms with Crippen LogP contribution in [0.5, 0.6) is 0 Å². The van der Waals surface area contributed by atoms with Gasteiger partial charge >= 0.3 is 0 Å². The van der Waals surface area contributed by atoms with Crippen LogP contribution in [-0.4, -0.2) is 42.2 Å². The summed E-state index contributed by atoms with van der Waals surface area (Å²) < 4.78 is 4.77. The highest BCUT2D eigenvalue weighted by molar-refractivity contribution is 5.81. The lowest BCUT2D eigenvalue weighted by molar-refractivity contribution is -0.123. The Morgan fingerprint density at radius 3 is 3.20 bits per heavy atom. The Hall–Kier alpha value is -1.40. The summed E-state index contributed by atoms with van der Waals surface area (Å²) in [5.41, 5.74) is 6.51. The second kappa shape index (κ2) is 6.15. The Morgan fingerprint density at radius 2 is 2.60 bits per heavy atom. The summed E-state index contributed by atoms with van der Waals surface area (Å²) in [7, 11) is 1.51. The molecule has 1 atom stereocenters. The van der Waals surface area contributed by atoms with E-state index in [2.05, 4.69) is 15.3 Å². The lowest BCUT2D eigenvalue weighted by Gasteiger charge is -2.10. The fraction of sp³-hybridized carbons (Fsp3) is 0.556. The minimum absolute atomic E-state index is 0.198. The van der Waals surface area contributed by atoms with E-state index in [9.17, 15) is 4.79 Å². The van der Waals surface area contributed by atoms with E-state index in [-0.39, 0.29) is 12.5 Å². The summed E-state index contributed by atoms with van der Waals surface area (Å²) in [6, 6.07) is -0.600. The highest BCUT2D eigenvalue weighted by Gasteiger charge is 2.11. The van der Waals surface area contributed by atoms with Gasteiger partial charge in [0, 0.05) is 32.0 Å². The third kappa shape index (κ3) is 4.09. The van der Waals surface area contributed by atoms with Crippen LogP contribution in [0.3, 0.4) is 0 Å². The predicted octanol–water partition coefficient (Wildman–Crippen LogP) is -0.958. The van der Waals surface area contributed by atoms with Crippen LogP contribution in [0.4, 0.5) is 0 Å². The molecule has 0 spiro atoms. The van der Waals surface area contributed by atoms with Crippen LogP contribution in [0.25, 0.3) is 0 Å². The average Bonchev–Trinajstić information content (AvgIpc) is 2.71. The first-order valence-electron chi connectivity index (χ1n) is 4.73. The van der Waals surface area contributed by atoms with Crippen LogP contribution in [0.1, 0.15) is 5.69 Å². The molecule has 1 unspecified atom stereocenters. The van der Waals surface area contributed by atoms with Crippen LogP contribution in [0.2, 0.25) is 0 Å². The fourth-order valence-electron chi connectivity index (χ4n) is 1.13. The van der Waals surface area contributed by atoms with Gasteiger partial charge < -0.3 is 20.8 Å². The van der Waals surface area contributed by atoms with Gasteiger partial charge in [0.25, 0.3) is 0 Å². The third-order valence-corrected chi connectivity index (χ3v) is 1.93. The maximum absolute atomic E-state index is 11.3. The van der Waals surface area contributed by atoms with Gasteiger partial charge in [0.2, 0.25) is 5.91 Å². The van der Waals surface area contributed by atoms with E-state index in [1.54, 1.807) is 12.5 Å². The number of rotatable bonds is 6. The standard InChI is InChI=1S/C9H16N4O2/c1-15-5-8(10)9(14)12-3-2-7-4-11-6-13-7/h4,6,8H,2-3,5,10H2,1H3,(H,11,13)(H,12,14). The van der Waals surface area contributed by atoms with Crippen LogP contribution >= 0.6 is 0 Å². The quantitative estimate of drug-likeness (QED) is 0.566. The first-order chi connectivity index (χ1) is 7.24. The SMILES string of the molecule is COCC(N)C(=O)NCCc1cnc[nH]1. The van der Waals surface area contributed by atoms with Crippen molar-refractivity contribution in [2.75, 3.05) is 20.3 Å². The van der Waals surface area contributed by atoms with Crippen molar-refractivity contribution >= 4 is 5.91 Å². The Balaban J connectivity index is 2.17. The number of hydrogen-bond acceptors (Lipinski definition) is 4. The molecule has 1 amide bonds. The van der Waals surface area contributed by atoms with Gasteiger partial charge in [-0.3, -0.25) is 4.79 Å². The number of methoxy groups -OCH3 is 1. The number of aromatic amines is 1. The Labute approximate surface area is 88.2 Å². The number of imidazole rings is 1. The summed E-state index contributed by atoms with van der Waals surface area (Å²) in [6.45, 7) is 0.772. The third-order valence-electron chi connectivity index (χ3n) is 1.93. The maximum atomic E-state index is 11.3. The van der Waals surface area contributed by atoms with Gasteiger partial charge in [-0.15, -0.1) is 0 Å². The van der Waals surface area contributed by atoms with E-state index < -0.39 is 6.04 Å². The first-order valence-corrected chi connectivity index (χ1v) is 4.73. The molecule has 0 fully saturated rings. The minimum Gasteiger partial charge on any atom is -0.383 e. The van der Waals surface area contributed by atoms with E-state index in [4.69, 9.17) is 10.5 Å². The maximum Gasteiger partial charge on any atom is 0.239 e. The zero-order chi connectivity index (χ0) is 11.1. The van der Waals surface area contributed by atoms with E-state index in [1.807, 2.05) is 0 Å². The van der Waals surface area contributed by atoms with Crippen molar-refractivity contribution in [3.8, 4) is 0 Å². The van der Waals surface area contributed by atoms with Crippen molar-refractivity contribution in [3.63, 3.8) is 0 Å². The number of aromatic nitrogens is 2. The number of carbonyl (C=O) groups excluding carboxylic acids is 1. The average molecular weight is 212 g/mol. The molecule has 1 heterocycles. The molecule has 0 saturated carbocycles. The number of carbonyl (C=O) groups is 1. The van der Waals surface area contributed by atoms with Gasteiger partial charge in [-0.25, -0.2) is 4.98 Å². The lowest BCUT2D eigenvalue weighted by Crippen LogP contribution is -2.44. The normalized spacial score (nSPS) is 12.4. The van der Waals surface area contributed by atoms with Crippen LogP contribution < -0.4 is 11.1 Å². The smallest absolute Gasteiger partial charge is 0.239 e. The predicted molar refractivity (Wildman–Crippen MR) is 55.2 cm³/mol. The van der Waals surface area contributed by atoms with Gasteiger partial charge in [-0.2, -0.15) is 0 Å². The molecule has 0 saturated heterocycles. The molecule has 1 aromatic heterocycles. The van der Waals surface area contributed by atoms with Gasteiger partial charge in [0.15, 0.2) is 0 Å². The molecule has 1 rings (SSSR count). The molecule has 0 aliphatic rings. The van der Waals surface area contributed by atoms with Crippen LogP contribution in [-0.2, 0) is 16.0 Å². The van der Waals surface area contributed by atoms with Crippen LogP contribution in [0, 0.1) is 0 Å². The van der Waals surface area contributed by atoms with Crippen LogP contribution in [0.15, 0.2) is 12.5 Å². The number of amides is 1. The lowest BCUT2D eigenvalue weighted by atomic mass is 10.3. The summed E-state index contributed by atoms with van der Waals surface area (Å²) in [6.07, 6.45) is 4.04. The number of nitrogens with one attached hydrogen (secondary N) is 2. The summed E-state index contributed by atoms with van der Waals surface area (Å²) in [4.78, 5) is 18.1. The molecule has 0 aliphatic carbocycles. The topological polar surface area (TPSA) is 93.0 Å². The van der Waals surface area contributed by atoms with Crippen molar-refractivity contribution in [2.24, 2.45) is 5.73 Å². The molecule has 15 heavy (non-hydrogen) atoms. The fourth-order valence-corrected chi connectivity index (χ4v) is 1.13. The zero-order valence-electron chi connectivity index (χ0n) is 8.69. The minimum atomic E-state index is -0.600. The molecule has 0 radical (unpaired) electrons. The van der Waals surface area contributed by atoms with Gasteiger partial charge in [0.05, 0.1) is 12.9 Å². The molecule has 0 aliphatic heterocycles. The molecule has 6 nitrogen and oxygen atoms in total. The van der Waals surface area contributed by atoms with E-state index >= 15 is 0 Å². The van der Waals surface area contributed by atoms with Crippen molar-refractivity contribution in [1.82, 2.24) is 15.3 Å². The Kier molecular flexibility index (Phi) is 4.79. The number of ether oxygens (including phenoxy) is 1. The molecule has 0 bridgehead atoms. The molecule has 0 aromatic carbocycles. The molecular formula is C9H16N4O2. The van der Waals surface area contributed by atoms with Gasteiger partial charge in [0.1, 0.15) is 6.04 Å². The Morgan fingerprint density at radius 1 is 1.80 bits per heavy atom. The van der Waals surface area contributed by atoms with E-state index in [1.165, 1.54) is 7.11 Å². The first kappa shape index (κ1) is 11.7. The molecule has 84 valence electrons. The van der Waals surface area contributed by atoms with Crippen molar-refractivity contribution in [3.05, 3.63) is 18.2 Å². The number of nitrogens with two attached hydrogens (primary N) is 1. The van der Waals surface area contributed by atoms with Gasteiger partial charge in [-0.05, 0) is 0 Å². The molecule has 4 N–H and O–H groups in total. The summed E-state index contributed by atoms with van der Waals surface area (Å²) in [5.74, 6) is -0.198.